The molecule has 0 spiro atoms. The van der Waals surface area contributed by atoms with E-state index in [2.05, 4.69) is 15.6 Å². The summed E-state index contributed by atoms with van der Waals surface area (Å²) in [6.45, 7) is 2.84. The van der Waals surface area contributed by atoms with Gasteiger partial charge in [0.15, 0.2) is 0 Å². The van der Waals surface area contributed by atoms with Crippen LogP contribution in [0.1, 0.15) is 30.1 Å². The van der Waals surface area contributed by atoms with Crippen molar-refractivity contribution in [1.82, 2.24) is 20.5 Å². The minimum atomic E-state index is -4.27. The van der Waals surface area contributed by atoms with Crippen molar-refractivity contribution in [1.29, 1.82) is 0 Å². The number of amides is 1. The third-order valence-corrected chi connectivity index (χ3v) is 3.93. The largest absolute Gasteiger partial charge is 0.477 e. The molecule has 1 amide bonds. The Labute approximate surface area is 174 Å². The molecule has 2 heterocycles. The fourth-order valence-electron chi connectivity index (χ4n) is 2.24. The summed E-state index contributed by atoms with van der Waals surface area (Å²) in [6, 6.07) is 2.84. The van der Waals surface area contributed by atoms with Gasteiger partial charge >= 0.3 is 6.18 Å². The van der Waals surface area contributed by atoms with E-state index >= 15 is 0 Å². The number of hydrogen-bond donors (Lipinski definition) is 3. The molecule has 168 valence electrons. The van der Waals surface area contributed by atoms with Crippen molar-refractivity contribution in [2.45, 2.75) is 25.9 Å². The van der Waals surface area contributed by atoms with E-state index in [1.54, 1.807) is 0 Å². The Kier molecular flexibility index (Phi) is 10.7. The Hall–Kier alpha value is -2.75. The average molecular weight is 430 g/mol. The standard InChI is InChI=1S/C17H21F3N4O2.C3H8O/c1-21-14-9-12(5-7-24(14)2)10-23-16(25)13-3-4-15(22-11-13)26-8-6-17(18,19)20;1-2-3-4/h3-5,9,11,21H,6-8,10H2,1-2H3,(H,23,25);4H,2-3H2,1H3. The van der Waals surface area contributed by atoms with Crippen molar-refractivity contribution < 1.29 is 27.8 Å². The summed E-state index contributed by atoms with van der Waals surface area (Å²) in [6.07, 6.45) is 0.778. The van der Waals surface area contributed by atoms with Crippen molar-refractivity contribution in [2.75, 3.05) is 40.4 Å². The third-order valence-electron chi connectivity index (χ3n) is 3.93. The first-order valence-corrected chi connectivity index (χ1v) is 9.54. The van der Waals surface area contributed by atoms with Crippen molar-refractivity contribution in [3.8, 4) is 5.88 Å². The Bertz CT molecular complexity index is 717. The van der Waals surface area contributed by atoms with E-state index < -0.39 is 19.2 Å². The van der Waals surface area contributed by atoms with Gasteiger partial charge < -0.3 is 25.4 Å². The second kappa shape index (κ2) is 12.7. The average Bonchev–Trinajstić information content (AvgIpc) is 2.72. The molecule has 1 aliphatic rings. The van der Waals surface area contributed by atoms with Gasteiger partial charge in [-0.25, -0.2) is 4.98 Å². The second-order valence-corrected chi connectivity index (χ2v) is 6.44. The Morgan fingerprint density at radius 3 is 2.60 bits per heavy atom. The first-order chi connectivity index (χ1) is 14.2. The summed E-state index contributed by atoms with van der Waals surface area (Å²) in [5.74, 6) is 0.683. The second-order valence-electron chi connectivity index (χ2n) is 6.44. The van der Waals surface area contributed by atoms with Gasteiger partial charge in [-0.1, -0.05) is 13.0 Å². The molecule has 7 nitrogen and oxygen atoms in total. The van der Waals surface area contributed by atoms with E-state index in [4.69, 9.17) is 9.84 Å². The van der Waals surface area contributed by atoms with Gasteiger partial charge in [-0.15, -0.1) is 0 Å². The summed E-state index contributed by atoms with van der Waals surface area (Å²) < 4.78 is 41.1. The zero-order chi connectivity index (χ0) is 22.6. The highest BCUT2D eigenvalue weighted by Gasteiger charge is 2.26. The fourth-order valence-corrected chi connectivity index (χ4v) is 2.24. The van der Waals surface area contributed by atoms with Crippen LogP contribution in [-0.4, -0.2) is 67.5 Å². The summed E-state index contributed by atoms with van der Waals surface area (Å²) in [5.41, 5.74) is 1.28. The van der Waals surface area contributed by atoms with E-state index in [-0.39, 0.29) is 11.8 Å². The number of pyridine rings is 1. The number of nitrogens with one attached hydrogen (secondary N) is 2. The number of rotatable bonds is 8. The van der Waals surface area contributed by atoms with Gasteiger partial charge in [0.2, 0.25) is 5.88 Å². The molecule has 0 bridgehead atoms. The van der Waals surface area contributed by atoms with Crippen LogP contribution in [0.5, 0.6) is 5.88 Å². The number of aromatic nitrogens is 1. The number of ether oxygens (including phenoxy) is 1. The van der Waals surface area contributed by atoms with Gasteiger partial charge in [0.25, 0.3) is 5.91 Å². The Morgan fingerprint density at radius 1 is 1.37 bits per heavy atom. The molecule has 0 fully saturated rings. The lowest BCUT2D eigenvalue weighted by Crippen LogP contribution is -2.31. The van der Waals surface area contributed by atoms with Crippen LogP contribution in [0.3, 0.4) is 0 Å². The van der Waals surface area contributed by atoms with Crippen molar-refractivity contribution >= 4 is 5.91 Å². The lowest BCUT2D eigenvalue weighted by Gasteiger charge is -2.25. The van der Waals surface area contributed by atoms with Crippen molar-refractivity contribution in [3.05, 3.63) is 47.4 Å². The minimum Gasteiger partial charge on any atom is -0.477 e. The van der Waals surface area contributed by atoms with Crippen molar-refractivity contribution in [2.24, 2.45) is 0 Å². The van der Waals surface area contributed by atoms with Gasteiger partial charge in [0, 0.05) is 46.1 Å². The number of alkyl halides is 3. The third kappa shape index (κ3) is 9.64. The molecule has 2 rings (SSSR count). The molecule has 10 heteroatoms. The maximum atomic E-state index is 12.1. The van der Waals surface area contributed by atoms with Crippen LogP contribution >= 0.6 is 0 Å². The van der Waals surface area contributed by atoms with E-state index in [0.717, 1.165) is 24.4 Å². The van der Waals surface area contributed by atoms with Gasteiger partial charge in [-0.2, -0.15) is 13.2 Å². The lowest BCUT2D eigenvalue weighted by atomic mass is 10.1. The molecule has 0 saturated heterocycles. The quantitative estimate of drug-likeness (QED) is 0.588. The highest BCUT2D eigenvalue weighted by Crippen LogP contribution is 2.19. The highest BCUT2D eigenvalue weighted by atomic mass is 19.4. The maximum absolute atomic E-state index is 12.1. The van der Waals surface area contributed by atoms with Crippen LogP contribution in [0, 0.1) is 0 Å². The number of aliphatic hydroxyl groups is 1. The molecule has 0 aromatic carbocycles. The zero-order valence-electron chi connectivity index (χ0n) is 17.4. The topological polar surface area (TPSA) is 86.7 Å². The van der Waals surface area contributed by atoms with Gasteiger partial charge in [-0.05, 0) is 24.1 Å². The van der Waals surface area contributed by atoms with E-state index in [1.807, 2.05) is 38.1 Å². The molecular weight excluding hydrogens is 401 g/mol. The van der Waals surface area contributed by atoms with Crippen LogP contribution in [0.4, 0.5) is 13.2 Å². The molecule has 0 aliphatic carbocycles. The van der Waals surface area contributed by atoms with Gasteiger partial charge in [0.05, 0.1) is 18.6 Å². The Balaban J connectivity index is 0.00000103. The maximum Gasteiger partial charge on any atom is 0.392 e. The predicted molar refractivity (Wildman–Crippen MR) is 108 cm³/mol. The van der Waals surface area contributed by atoms with Gasteiger partial charge in [0.1, 0.15) is 5.82 Å². The zero-order valence-corrected chi connectivity index (χ0v) is 17.4. The number of likely N-dealkylation sites (N-methyl/N-ethyl adjacent to an activating group) is 1. The molecule has 0 radical (unpaired) electrons. The summed E-state index contributed by atoms with van der Waals surface area (Å²) in [4.78, 5) is 18.0. The van der Waals surface area contributed by atoms with Crippen LogP contribution < -0.4 is 15.4 Å². The van der Waals surface area contributed by atoms with Gasteiger partial charge in [-0.3, -0.25) is 4.79 Å². The first kappa shape index (κ1) is 25.3. The van der Waals surface area contributed by atoms with Crippen LogP contribution in [-0.2, 0) is 0 Å². The number of carbonyl (C=O) groups excluding carboxylic acids is 1. The SMILES string of the molecule is CCCO.CNC1=CC(CNC(=O)c2ccc(OCCC(F)(F)F)nc2)=CCN1C. The molecule has 1 aliphatic heterocycles. The summed E-state index contributed by atoms with van der Waals surface area (Å²) in [5, 5.41) is 13.7. The predicted octanol–water partition coefficient (Wildman–Crippen LogP) is 2.46. The fraction of sp³-hybridized carbons (Fsp3) is 0.500. The highest BCUT2D eigenvalue weighted by molar-refractivity contribution is 5.94. The summed E-state index contributed by atoms with van der Waals surface area (Å²) in [7, 11) is 3.78. The molecule has 1 aromatic heterocycles. The number of nitrogens with zero attached hydrogens (tertiary/aromatic N) is 2. The number of aliphatic hydroxyl groups excluding tert-OH is 1. The van der Waals surface area contributed by atoms with Crippen LogP contribution in [0.25, 0.3) is 0 Å². The lowest BCUT2D eigenvalue weighted by molar-refractivity contribution is -0.139. The first-order valence-electron chi connectivity index (χ1n) is 9.54. The molecule has 0 atom stereocenters. The van der Waals surface area contributed by atoms with E-state index in [1.165, 1.54) is 18.3 Å². The molecular formula is C20H29F3N4O3. The van der Waals surface area contributed by atoms with Crippen LogP contribution in [0.15, 0.2) is 41.9 Å². The molecule has 0 saturated carbocycles. The number of carbonyl (C=O) groups is 1. The number of halogens is 3. The molecule has 3 N–H and O–H groups in total. The van der Waals surface area contributed by atoms with E-state index in [0.29, 0.717) is 18.7 Å². The molecule has 30 heavy (non-hydrogen) atoms. The normalized spacial score (nSPS) is 13.5. The van der Waals surface area contributed by atoms with Crippen LogP contribution in [0.2, 0.25) is 0 Å². The molecule has 0 unspecified atom stereocenters. The van der Waals surface area contributed by atoms with E-state index in [9.17, 15) is 18.0 Å². The molecule has 1 aromatic rings. The monoisotopic (exact) mass is 430 g/mol. The minimum absolute atomic E-state index is 0.0467. The summed E-state index contributed by atoms with van der Waals surface area (Å²) >= 11 is 0. The Morgan fingerprint density at radius 2 is 2.07 bits per heavy atom. The number of hydrogen-bond acceptors (Lipinski definition) is 6. The van der Waals surface area contributed by atoms with Crippen molar-refractivity contribution in [3.63, 3.8) is 0 Å². The smallest absolute Gasteiger partial charge is 0.392 e.